The lowest BCUT2D eigenvalue weighted by atomic mass is 10.1. The van der Waals surface area contributed by atoms with Crippen molar-refractivity contribution in [3.63, 3.8) is 0 Å². The van der Waals surface area contributed by atoms with Crippen LogP contribution in [0, 0.1) is 10.5 Å². The second-order valence-electron chi connectivity index (χ2n) is 6.40. The van der Waals surface area contributed by atoms with Gasteiger partial charge in [0.25, 0.3) is 5.91 Å². The van der Waals surface area contributed by atoms with Crippen molar-refractivity contribution in [2.45, 2.75) is 25.8 Å². The molecule has 1 unspecified atom stereocenters. The molecule has 1 aromatic heterocycles. The summed E-state index contributed by atoms with van der Waals surface area (Å²) in [5.74, 6) is -0.0676. The molecule has 0 saturated heterocycles. The standard InChI is InChI=1S/C20H18IN3O/c1-13-2-3-15(11-18(13)21)20(25)23-16-5-6-17-14(10-16)4-7-19(17)24-9-8-22-12-24/h2-3,5-6,8-12,19H,4,7H2,1H3,(H,23,25). The SMILES string of the molecule is Cc1ccc(C(=O)Nc2ccc3c(c2)CCC3n2ccnc2)cc1I. The van der Waals surface area contributed by atoms with E-state index in [1.807, 2.05) is 49.9 Å². The van der Waals surface area contributed by atoms with E-state index in [1.54, 1.807) is 0 Å². The molecular weight excluding hydrogens is 425 g/mol. The number of benzene rings is 2. The fraction of sp³-hybridized carbons (Fsp3) is 0.200. The van der Waals surface area contributed by atoms with Crippen molar-refractivity contribution in [2.24, 2.45) is 0 Å². The molecule has 0 fully saturated rings. The van der Waals surface area contributed by atoms with Crippen molar-refractivity contribution in [1.82, 2.24) is 9.55 Å². The number of hydrogen-bond donors (Lipinski definition) is 1. The number of carbonyl (C=O) groups excluding carboxylic acids is 1. The Balaban J connectivity index is 1.55. The third kappa shape index (κ3) is 3.20. The van der Waals surface area contributed by atoms with Crippen LogP contribution in [-0.2, 0) is 6.42 Å². The minimum absolute atomic E-state index is 0.0676. The van der Waals surface area contributed by atoms with E-state index >= 15 is 0 Å². The highest BCUT2D eigenvalue weighted by molar-refractivity contribution is 14.1. The first-order valence-corrected chi connectivity index (χ1v) is 9.37. The molecule has 0 radical (unpaired) electrons. The number of halogens is 1. The first-order chi connectivity index (χ1) is 12.1. The number of hydrogen-bond acceptors (Lipinski definition) is 2. The van der Waals surface area contributed by atoms with Crippen LogP contribution in [-0.4, -0.2) is 15.5 Å². The topological polar surface area (TPSA) is 46.9 Å². The van der Waals surface area contributed by atoms with Crippen LogP contribution in [0.1, 0.15) is 39.5 Å². The van der Waals surface area contributed by atoms with Gasteiger partial charge >= 0.3 is 0 Å². The van der Waals surface area contributed by atoms with Crippen LogP contribution in [0.4, 0.5) is 5.69 Å². The Morgan fingerprint density at radius 3 is 2.92 bits per heavy atom. The predicted molar refractivity (Wildman–Crippen MR) is 107 cm³/mol. The fourth-order valence-electron chi connectivity index (χ4n) is 3.37. The summed E-state index contributed by atoms with van der Waals surface area (Å²) in [6.07, 6.45) is 7.78. The van der Waals surface area contributed by atoms with Crippen LogP contribution in [0.2, 0.25) is 0 Å². The van der Waals surface area contributed by atoms with Gasteiger partial charge in [-0.15, -0.1) is 0 Å². The minimum Gasteiger partial charge on any atom is -0.330 e. The van der Waals surface area contributed by atoms with Crippen molar-refractivity contribution in [3.8, 4) is 0 Å². The van der Waals surface area contributed by atoms with Gasteiger partial charge < -0.3 is 9.88 Å². The summed E-state index contributed by atoms with van der Waals surface area (Å²) in [5, 5.41) is 3.02. The predicted octanol–water partition coefficient (Wildman–Crippen LogP) is 4.58. The van der Waals surface area contributed by atoms with Gasteiger partial charge in [-0.3, -0.25) is 4.79 Å². The molecule has 0 spiro atoms. The van der Waals surface area contributed by atoms with Crippen LogP contribution in [0.15, 0.2) is 55.1 Å². The second kappa shape index (κ2) is 6.63. The lowest BCUT2D eigenvalue weighted by Crippen LogP contribution is -2.12. The van der Waals surface area contributed by atoms with E-state index in [0.717, 1.165) is 22.1 Å². The number of aryl methyl sites for hydroxylation is 2. The Morgan fingerprint density at radius 2 is 2.16 bits per heavy atom. The second-order valence-corrected chi connectivity index (χ2v) is 7.56. The smallest absolute Gasteiger partial charge is 0.255 e. The molecular formula is C20H18IN3O. The summed E-state index contributed by atoms with van der Waals surface area (Å²) < 4.78 is 3.25. The van der Waals surface area contributed by atoms with E-state index in [0.29, 0.717) is 11.6 Å². The zero-order valence-electron chi connectivity index (χ0n) is 13.9. The van der Waals surface area contributed by atoms with Crippen LogP contribution in [0.3, 0.4) is 0 Å². The van der Waals surface area contributed by atoms with Gasteiger partial charge in [0.2, 0.25) is 0 Å². The Hall–Kier alpha value is -2.15. The van der Waals surface area contributed by atoms with Crippen molar-refractivity contribution in [1.29, 1.82) is 0 Å². The van der Waals surface area contributed by atoms with Gasteiger partial charge in [0.05, 0.1) is 12.4 Å². The number of nitrogens with one attached hydrogen (secondary N) is 1. The number of amides is 1. The lowest BCUT2D eigenvalue weighted by molar-refractivity contribution is 0.102. The third-order valence-electron chi connectivity index (χ3n) is 4.77. The molecule has 3 aromatic rings. The summed E-state index contributed by atoms with van der Waals surface area (Å²) in [6.45, 7) is 2.04. The highest BCUT2D eigenvalue weighted by Gasteiger charge is 2.24. The zero-order chi connectivity index (χ0) is 17.4. The number of anilines is 1. The maximum absolute atomic E-state index is 12.5. The molecule has 4 rings (SSSR count). The molecule has 1 amide bonds. The van der Waals surface area contributed by atoms with Gasteiger partial charge in [-0.1, -0.05) is 12.1 Å². The van der Waals surface area contributed by atoms with Gasteiger partial charge in [0.15, 0.2) is 0 Å². The van der Waals surface area contributed by atoms with E-state index in [-0.39, 0.29) is 5.91 Å². The average molecular weight is 443 g/mol. The van der Waals surface area contributed by atoms with Crippen LogP contribution in [0.5, 0.6) is 0 Å². The molecule has 126 valence electrons. The number of nitrogens with zero attached hydrogens (tertiary/aromatic N) is 2. The summed E-state index contributed by atoms with van der Waals surface area (Å²) in [4.78, 5) is 16.7. The summed E-state index contributed by atoms with van der Waals surface area (Å²) in [6, 6.07) is 12.3. The van der Waals surface area contributed by atoms with Crippen molar-refractivity contribution < 1.29 is 4.79 Å². The van der Waals surface area contributed by atoms with Crippen molar-refractivity contribution >= 4 is 34.2 Å². The third-order valence-corrected chi connectivity index (χ3v) is 5.93. The maximum atomic E-state index is 12.5. The Labute approximate surface area is 160 Å². The number of fused-ring (bicyclic) bond motifs is 1. The molecule has 5 heteroatoms. The maximum Gasteiger partial charge on any atom is 0.255 e. The van der Waals surface area contributed by atoms with Gasteiger partial charge in [-0.25, -0.2) is 4.98 Å². The highest BCUT2D eigenvalue weighted by atomic mass is 127. The molecule has 25 heavy (non-hydrogen) atoms. The Kier molecular flexibility index (Phi) is 4.33. The van der Waals surface area contributed by atoms with Gasteiger partial charge in [0.1, 0.15) is 0 Å². The van der Waals surface area contributed by atoms with E-state index in [1.165, 1.54) is 16.7 Å². The van der Waals surface area contributed by atoms with Crippen LogP contribution in [0.25, 0.3) is 0 Å². The highest BCUT2D eigenvalue weighted by Crippen LogP contribution is 2.35. The average Bonchev–Trinajstić information content (AvgIpc) is 3.25. The molecule has 1 N–H and O–H groups in total. The number of aromatic nitrogens is 2. The first-order valence-electron chi connectivity index (χ1n) is 8.29. The number of imidazole rings is 1. The van der Waals surface area contributed by atoms with E-state index in [4.69, 9.17) is 0 Å². The molecule has 0 aliphatic heterocycles. The largest absolute Gasteiger partial charge is 0.330 e. The van der Waals surface area contributed by atoms with E-state index < -0.39 is 0 Å². The molecule has 2 aromatic carbocycles. The summed E-state index contributed by atoms with van der Waals surface area (Å²) in [7, 11) is 0. The molecule has 1 aliphatic carbocycles. The lowest BCUT2D eigenvalue weighted by Gasteiger charge is -2.14. The van der Waals surface area contributed by atoms with Crippen molar-refractivity contribution in [3.05, 3.63) is 80.9 Å². The first kappa shape index (κ1) is 16.3. The zero-order valence-corrected chi connectivity index (χ0v) is 16.0. The molecule has 1 atom stereocenters. The molecule has 1 heterocycles. The fourth-order valence-corrected chi connectivity index (χ4v) is 3.89. The van der Waals surface area contributed by atoms with Gasteiger partial charge in [-0.2, -0.15) is 0 Å². The van der Waals surface area contributed by atoms with Crippen LogP contribution >= 0.6 is 22.6 Å². The molecule has 0 saturated carbocycles. The quantitative estimate of drug-likeness (QED) is 0.603. The molecule has 4 nitrogen and oxygen atoms in total. The summed E-state index contributed by atoms with van der Waals surface area (Å²) >= 11 is 2.26. The van der Waals surface area contributed by atoms with E-state index in [2.05, 4.69) is 49.6 Å². The monoisotopic (exact) mass is 443 g/mol. The van der Waals surface area contributed by atoms with Crippen LogP contribution < -0.4 is 5.32 Å². The van der Waals surface area contributed by atoms with Gasteiger partial charge in [0, 0.05) is 27.2 Å². The Bertz CT molecular complexity index is 934. The van der Waals surface area contributed by atoms with Crippen molar-refractivity contribution in [2.75, 3.05) is 5.32 Å². The van der Waals surface area contributed by atoms with E-state index in [9.17, 15) is 4.79 Å². The number of rotatable bonds is 3. The summed E-state index contributed by atoms with van der Waals surface area (Å²) in [5.41, 5.74) is 5.34. The van der Waals surface area contributed by atoms with Gasteiger partial charge in [-0.05, 0) is 83.3 Å². The minimum atomic E-state index is -0.0676. The number of carbonyl (C=O) groups is 1. The normalized spacial score (nSPS) is 15.8. The molecule has 1 aliphatic rings. The Morgan fingerprint density at radius 1 is 1.28 bits per heavy atom. The molecule has 0 bridgehead atoms.